The molecule has 192 valence electrons. The van der Waals surface area contributed by atoms with Crippen LogP contribution < -0.4 is 9.47 Å². The van der Waals surface area contributed by atoms with Gasteiger partial charge >= 0.3 is 6.18 Å². The van der Waals surface area contributed by atoms with Crippen LogP contribution in [0.15, 0.2) is 47.4 Å². The molecular formula is C25H29F3O6S. The van der Waals surface area contributed by atoms with Crippen molar-refractivity contribution in [2.45, 2.75) is 62.7 Å². The SMILES string of the molecule is Cc1cc(SCC2(COc3ccc(C(F)(F)F)cc3)COC(C)(C)O2)ccc1OCC1OC(C)O1. The lowest BCUT2D eigenvalue weighted by atomic mass is 10.1. The van der Waals surface area contributed by atoms with Crippen molar-refractivity contribution in [2.24, 2.45) is 0 Å². The van der Waals surface area contributed by atoms with Crippen LogP contribution in [0.3, 0.4) is 0 Å². The number of benzene rings is 2. The van der Waals surface area contributed by atoms with Crippen molar-refractivity contribution in [3.63, 3.8) is 0 Å². The first-order valence-corrected chi connectivity index (χ1v) is 12.2. The molecule has 2 aromatic carbocycles. The predicted octanol–water partition coefficient (Wildman–Crippen LogP) is 5.80. The van der Waals surface area contributed by atoms with Gasteiger partial charge in [0.25, 0.3) is 0 Å². The number of halogens is 3. The second-order valence-electron chi connectivity index (χ2n) is 9.08. The first-order valence-electron chi connectivity index (χ1n) is 11.2. The molecule has 1 atom stereocenters. The summed E-state index contributed by atoms with van der Waals surface area (Å²) in [6, 6.07) is 10.5. The molecule has 2 saturated heterocycles. The number of hydrogen-bond donors (Lipinski definition) is 0. The van der Waals surface area contributed by atoms with Gasteiger partial charge < -0.3 is 28.4 Å². The van der Waals surface area contributed by atoms with E-state index in [0.717, 1.165) is 28.3 Å². The molecule has 0 aliphatic carbocycles. The third kappa shape index (κ3) is 6.83. The van der Waals surface area contributed by atoms with Gasteiger partial charge in [0.05, 0.1) is 12.2 Å². The van der Waals surface area contributed by atoms with Gasteiger partial charge in [0.1, 0.15) is 30.3 Å². The average molecular weight is 515 g/mol. The summed E-state index contributed by atoms with van der Waals surface area (Å²) in [6.07, 6.45) is -4.92. The molecule has 10 heteroatoms. The zero-order valence-electron chi connectivity index (χ0n) is 20.0. The summed E-state index contributed by atoms with van der Waals surface area (Å²) in [7, 11) is 0. The molecule has 0 N–H and O–H groups in total. The maximum absolute atomic E-state index is 12.8. The van der Waals surface area contributed by atoms with E-state index in [9.17, 15) is 13.2 Å². The number of aryl methyl sites for hydroxylation is 1. The Labute approximate surface area is 207 Å². The van der Waals surface area contributed by atoms with E-state index in [2.05, 4.69) is 0 Å². The van der Waals surface area contributed by atoms with Crippen molar-refractivity contribution in [1.29, 1.82) is 0 Å². The van der Waals surface area contributed by atoms with Crippen molar-refractivity contribution in [2.75, 3.05) is 25.6 Å². The fourth-order valence-corrected chi connectivity index (χ4v) is 4.87. The van der Waals surface area contributed by atoms with Crippen LogP contribution >= 0.6 is 11.8 Å². The third-order valence-corrected chi connectivity index (χ3v) is 6.80. The van der Waals surface area contributed by atoms with E-state index in [-0.39, 0.29) is 19.2 Å². The molecule has 2 aromatic rings. The molecule has 0 radical (unpaired) electrons. The van der Waals surface area contributed by atoms with Gasteiger partial charge in [-0.1, -0.05) is 0 Å². The Balaban J connectivity index is 1.36. The average Bonchev–Trinajstić information content (AvgIpc) is 3.09. The summed E-state index contributed by atoms with van der Waals surface area (Å²) in [5.41, 5.74) is -0.515. The monoisotopic (exact) mass is 514 g/mol. The standard InChI is InChI=1S/C25H29F3O6S/c1-16-11-20(9-10-21(16)29-12-22-32-17(2)33-22)35-15-24(14-31-23(3,4)34-24)13-30-19-7-5-18(6-8-19)25(26,27)28/h5-11,17,22H,12-15H2,1-4H3. The lowest BCUT2D eigenvalue weighted by molar-refractivity contribution is -0.380. The summed E-state index contributed by atoms with van der Waals surface area (Å²) in [6.45, 7) is 8.19. The summed E-state index contributed by atoms with van der Waals surface area (Å²) >= 11 is 1.58. The number of thioether (sulfide) groups is 1. The molecule has 4 rings (SSSR count). The minimum atomic E-state index is -4.39. The maximum atomic E-state index is 12.8. The van der Waals surface area contributed by atoms with Crippen molar-refractivity contribution in [3.05, 3.63) is 53.6 Å². The lowest BCUT2D eigenvalue weighted by Gasteiger charge is -2.33. The molecular weight excluding hydrogens is 485 g/mol. The number of rotatable bonds is 9. The molecule has 1 unspecified atom stereocenters. The van der Waals surface area contributed by atoms with Gasteiger partial charge in [-0.3, -0.25) is 0 Å². The predicted molar refractivity (Wildman–Crippen MR) is 124 cm³/mol. The van der Waals surface area contributed by atoms with Gasteiger partial charge in [0, 0.05) is 10.6 Å². The van der Waals surface area contributed by atoms with E-state index in [0.29, 0.717) is 24.7 Å². The first-order chi connectivity index (χ1) is 16.4. The Morgan fingerprint density at radius 2 is 1.77 bits per heavy atom. The van der Waals surface area contributed by atoms with Crippen molar-refractivity contribution < 1.29 is 41.6 Å². The smallest absolute Gasteiger partial charge is 0.416 e. The zero-order valence-corrected chi connectivity index (χ0v) is 20.8. The Morgan fingerprint density at radius 3 is 2.34 bits per heavy atom. The van der Waals surface area contributed by atoms with Gasteiger partial charge in [0.2, 0.25) is 0 Å². The Morgan fingerprint density at radius 1 is 1.06 bits per heavy atom. The van der Waals surface area contributed by atoms with Crippen LogP contribution in [-0.2, 0) is 25.1 Å². The summed E-state index contributed by atoms with van der Waals surface area (Å²) in [5.74, 6) is 0.823. The summed E-state index contributed by atoms with van der Waals surface area (Å²) in [5, 5.41) is 0. The second kappa shape index (κ2) is 10.2. The lowest BCUT2D eigenvalue weighted by Crippen LogP contribution is -2.43. The minimum Gasteiger partial charge on any atom is -0.490 e. The normalized spacial score (nSPS) is 25.8. The highest BCUT2D eigenvalue weighted by Gasteiger charge is 2.46. The minimum absolute atomic E-state index is 0.134. The molecule has 2 aliphatic heterocycles. The van der Waals surface area contributed by atoms with Gasteiger partial charge in [-0.2, -0.15) is 13.2 Å². The quantitative estimate of drug-likeness (QED) is 0.392. The van der Waals surface area contributed by atoms with Crippen LogP contribution in [0.2, 0.25) is 0 Å². The molecule has 0 aromatic heterocycles. The van der Waals surface area contributed by atoms with E-state index in [1.807, 2.05) is 45.9 Å². The van der Waals surface area contributed by atoms with Crippen LogP contribution in [-0.4, -0.2) is 49.5 Å². The highest BCUT2D eigenvalue weighted by molar-refractivity contribution is 7.99. The number of ether oxygens (including phenoxy) is 6. The highest BCUT2D eigenvalue weighted by Crippen LogP contribution is 2.37. The van der Waals surface area contributed by atoms with E-state index >= 15 is 0 Å². The van der Waals surface area contributed by atoms with Gasteiger partial charge in [0.15, 0.2) is 18.4 Å². The van der Waals surface area contributed by atoms with Crippen LogP contribution in [0.25, 0.3) is 0 Å². The maximum Gasteiger partial charge on any atom is 0.416 e. The fraction of sp³-hybridized carbons (Fsp3) is 0.520. The van der Waals surface area contributed by atoms with E-state index < -0.39 is 23.1 Å². The van der Waals surface area contributed by atoms with Crippen LogP contribution in [0.4, 0.5) is 13.2 Å². The van der Waals surface area contributed by atoms with Crippen molar-refractivity contribution in [3.8, 4) is 11.5 Å². The van der Waals surface area contributed by atoms with Gasteiger partial charge in [-0.05, 0) is 75.7 Å². The Bertz CT molecular complexity index is 1010. The number of alkyl halides is 3. The molecule has 0 amide bonds. The van der Waals surface area contributed by atoms with Crippen LogP contribution in [0, 0.1) is 6.92 Å². The molecule has 2 fully saturated rings. The molecule has 2 heterocycles. The Hall–Kier alpha value is -1.98. The summed E-state index contributed by atoms with van der Waals surface area (Å²) < 4.78 is 72.9. The molecule has 0 bridgehead atoms. The Kier molecular flexibility index (Phi) is 7.59. The van der Waals surface area contributed by atoms with E-state index in [1.165, 1.54) is 12.1 Å². The van der Waals surface area contributed by atoms with Crippen LogP contribution in [0.5, 0.6) is 11.5 Å². The third-order valence-electron chi connectivity index (χ3n) is 5.54. The van der Waals surface area contributed by atoms with Gasteiger partial charge in [-0.25, -0.2) is 0 Å². The van der Waals surface area contributed by atoms with E-state index in [4.69, 9.17) is 28.4 Å². The molecule has 6 nitrogen and oxygen atoms in total. The molecule has 0 saturated carbocycles. The fourth-order valence-electron chi connectivity index (χ4n) is 3.79. The van der Waals surface area contributed by atoms with Crippen molar-refractivity contribution >= 4 is 11.8 Å². The van der Waals surface area contributed by atoms with Crippen LogP contribution in [0.1, 0.15) is 31.9 Å². The van der Waals surface area contributed by atoms with Crippen molar-refractivity contribution in [1.82, 2.24) is 0 Å². The molecule has 2 aliphatic rings. The molecule has 35 heavy (non-hydrogen) atoms. The zero-order chi connectivity index (χ0) is 25.3. The largest absolute Gasteiger partial charge is 0.490 e. The van der Waals surface area contributed by atoms with Gasteiger partial charge in [-0.15, -0.1) is 11.8 Å². The summed E-state index contributed by atoms with van der Waals surface area (Å²) in [4.78, 5) is 1.02. The molecule has 0 spiro atoms. The highest BCUT2D eigenvalue weighted by atomic mass is 32.2. The van der Waals surface area contributed by atoms with E-state index in [1.54, 1.807) is 11.8 Å². The number of hydrogen-bond acceptors (Lipinski definition) is 7. The first kappa shape index (κ1) is 26.1. The second-order valence-corrected chi connectivity index (χ2v) is 10.1. The topological polar surface area (TPSA) is 55.4 Å².